The number of ether oxygens (including phenoxy) is 2. The van der Waals surface area contributed by atoms with Gasteiger partial charge in [0.1, 0.15) is 0 Å². The first-order valence-electron chi connectivity index (χ1n) is 3.91. The van der Waals surface area contributed by atoms with E-state index < -0.39 is 6.16 Å². The van der Waals surface area contributed by atoms with E-state index in [0.717, 1.165) is 6.42 Å². The normalized spacial score (nSPS) is 9.62. The Morgan fingerprint density at radius 2 is 2.46 bits per heavy atom. The molecule has 0 saturated heterocycles. The van der Waals surface area contributed by atoms with E-state index in [1.165, 1.54) is 11.3 Å². The summed E-state index contributed by atoms with van der Waals surface area (Å²) in [6, 6.07) is 1.67. The van der Waals surface area contributed by atoms with Crippen LogP contribution in [0.2, 0.25) is 0 Å². The average molecular weight is 201 g/mol. The van der Waals surface area contributed by atoms with Crippen molar-refractivity contribution in [3.05, 3.63) is 11.4 Å². The molecule has 1 aromatic heterocycles. The van der Waals surface area contributed by atoms with E-state index in [0.29, 0.717) is 17.4 Å². The second-order valence-electron chi connectivity index (χ2n) is 2.36. The molecule has 0 aliphatic carbocycles. The van der Waals surface area contributed by atoms with E-state index in [1.807, 2.05) is 6.92 Å². The van der Waals surface area contributed by atoms with Crippen LogP contribution in [0.4, 0.5) is 10.5 Å². The summed E-state index contributed by atoms with van der Waals surface area (Å²) in [5, 5.41) is 2.14. The van der Waals surface area contributed by atoms with Gasteiger partial charge >= 0.3 is 6.16 Å². The Balaban J connectivity index is 2.41. The first-order valence-corrected chi connectivity index (χ1v) is 4.79. The van der Waals surface area contributed by atoms with E-state index in [4.69, 9.17) is 15.2 Å². The quantitative estimate of drug-likeness (QED) is 0.762. The molecule has 0 atom stereocenters. The summed E-state index contributed by atoms with van der Waals surface area (Å²) >= 11 is 1.26. The predicted molar refractivity (Wildman–Crippen MR) is 51.0 cm³/mol. The Morgan fingerprint density at radius 1 is 1.69 bits per heavy atom. The van der Waals surface area contributed by atoms with Gasteiger partial charge in [0.05, 0.1) is 12.3 Å². The van der Waals surface area contributed by atoms with Crippen molar-refractivity contribution in [3.8, 4) is 5.06 Å². The number of nitrogens with two attached hydrogens (primary N) is 1. The molecule has 2 N–H and O–H groups in total. The number of nitrogen functional groups attached to an aromatic ring is 1. The molecule has 0 aromatic carbocycles. The number of carbonyl (C=O) groups excluding carboxylic acids is 1. The van der Waals surface area contributed by atoms with E-state index in [1.54, 1.807) is 11.4 Å². The van der Waals surface area contributed by atoms with E-state index in [2.05, 4.69) is 0 Å². The Morgan fingerprint density at radius 3 is 3.00 bits per heavy atom. The summed E-state index contributed by atoms with van der Waals surface area (Å²) in [6.07, 6.45) is 0.0747. The second kappa shape index (κ2) is 4.71. The third kappa shape index (κ3) is 2.95. The molecule has 0 aliphatic rings. The monoisotopic (exact) mass is 201 g/mol. The van der Waals surface area contributed by atoms with E-state index >= 15 is 0 Å². The lowest BCUT2D eigenvalue weighted by Crippen LogP contribution is -2.10. The SMILES string of the molecule is CCCOC(=O)Oc1sccc1N. The molecular formula is C8H11NO3S. The van der Waals surface area contributed by atoms with Crippen LogP contribution < -0.4 is 10.5 Å². The summed E-state index contributed by atoms with van der Waals surface area (Å²) in [5.74, 6) is 0. The summed E-state index contributed by atoms with van der Waals surface area (Å²) in [7, 11) is 0. The largest absolute Gasteiger partial charge is 0.514 e. The highest BCUT2D eigenvalue weighted by molar-refractivity contribution is 7.12. The predicted octanol–water partition coefficient (Wildman–Crippen LogP) is 2.26. The van der Waals surface area contributed by atoms with Gasteiger partial charge < -0.3 is 15.2 Å². The lowest BCUT2D eigenvalue weighted by Gasteiger charge is -2.02. The average Bonchev–Trinajstić information content (AvgIpc) is 2.48. The number of hydrogen-bond donors (Lipinski definition) is 1. The van der Waals surface area contributed by atoms with Gasteiger partial charge in [0.15, 0.2) is 0 Å². The summed E-state index contributed by atoms with van der Waals surface area (Å²) < 4.78 is 9.53. The second-order valence-corrected chi connectivity index (χ2v) is 3.24. The molecule has 0 saturated carbocycles. The van der Waals surface area contributed by atoms with Crippen LogP contribution in [-0.2, 0) is 4.74 Å². The molecule has 0 amide bonds. The number of anilines is 1. The summed E-state index contributed by atoms with van der Waals surface area (Å²) in [5.41, 5.74) is 5.95. The Labute approximate surface area is 80.3 Å². The molecule has 1 rings (SSSR count). The highest BCUT2D eigenvalue weighted by Gasteiger charge is 2.08. The molecule has 1 aromatic rings. The number of carbonyl (C=O) groups is 1. The van der Waals surface area contributed by atoms with Crippen molar-refractivity contribution in [3.63, 3.8) is 0 Å². The van der Waals surface area contributed by atoms with Crippen LogP contribution in [-0.4, -0.2) is 12.8 Å². The first-order chi connectivity index (χ1) is 6.24. The van der Waals surface area contributed by atoms with E-state index in [-0.39, 0.29) is 0 Å². The molecule has 5 heteroatoms. The number of hydrogen-bond acceptors (Lipinski definition) is 5. The van der Waals surface area contributed by atoms with Crippen LogP contribution in [0.25, 0.3) is 0 Å². The Hall–Kier alpha value is -1.23. The highest BCUT2D eigenvalue weighted by Crippen LogP contribution is 2.28. The third-order valence-corrected chi connectivity index (χ3v) is 2.06. The molecule has 72 valence electrons. The highest BCUT2D eigenvalue weighted by atomic mass is 32.1. The van der Waals surface area contributed by atoms with Crippen LogP contribution in [0.15, 0.2) is 11.4 Å². The van der Waals surface area contributed by atoms with Crippen LogP contribution in [0.5, 0.6) is 5.06 Å². The van der Waals surface area contributed by atoms with Crippen molar-refractivity contribution in [2.75, 3.05) is 12.3 Å². The number of rotatable bonds is 3. The minimum absolute atomic E-state index is 0.365. The van der Waals surface area contributed by atoms with Gasteiger partial charge in [-0.25, -0.2) is 4.79 Å². The summed E-state index contributed by atoms with van der Waals surface area (Å²) in [6.45, 7) is 2.27. The summed E-state index contributed by atoms with van der Waals surface area (Å²) in [4.78, 5) is 10.9. The molecule has 0 radical (unpaired) electrons. The first kappa shape index (κ1) is 9.85. The molecule has 0 aliphatic heterocycles. The Bertz CT molecular complexity index is 285. The fourth-order valence-corrected chi connectivity index (χ4v) is 1.34. The Kier molecular flexibility index (Phi) is 3.57. The van der Waals surface area contributed by atoms with Gasteiger partial charge in [-0.2, -0.15) is 0 Å². The fraction of sp³-hybridized carbons (Fsp3) is 0.375. The van der Waals surface area contributed by atoms with E-state index in [9.17, 15) is 4.79 Å². The van der Waals surface area contributed by atoms with Crippen molar-refractivity contribution in [2.45, 2.75) is 13.3 Å². The van der Waals surface area contributed by atoms with Crippen LogP contribution in [0.3, 0.4) is 0 Å². The molecule has 13 heavy (non-hydrogen) atoms. The van der Waals surface area contributed by atoms with Gasteiger partial charge in [0.2, 0.25) is 5.06 Å². The molecule has 0 fully saturated rings. The van der Waals surface area contributed by atoms with Crippen LogP contribution in [0, 0.1) is 0 Å². The van der Waals surface area contributed by atoms with Crippen LogP contribution in [0.1, 0.15) is 13.3 Å². The maximum atomic E-state index is 10.9. The molecule has 0 unspecified atom stereocenters. The molecular weight excluding hydrogens is 190 g/mol. The smallest absolute Gasteiger partial charge is 0.434 e. The maximum Gasteiger partial charge on any atom is 0.514 e. The minimum atomic E-state index is -0.698. The van der Waals surface area contributed by atoms with Gasteiger partial charge in [-0.3, -0.25) is 0 Å². The molecule has 1 heterocycles. The van der Waals surface area contributed by atoms with Crippen molar-refractivity contribution >= 4 is 23.2 Å². The van der Waals surface area contributed by atoms with Gasteiger partial charge in [-0.15, -0.1) is 11.3 Å². The molecule has 0 bridgehead atoms. The van der Waals surface area contributed by atoms with Crippen molar-refractivity contribution in [2.24, 2.45) is 0 Å². The zero-order chi connectivity index (χ0) is 9.68. The van der Waals surface area contributed by atoms with Gasteiger partial charge in [-0.1, -0.05) is 6.92 Å². The lowest BCUT2D eigenvalue weighted by atomic mass is 10.5. The minimum Gasteiger partial charge on any atom is -0.434 e. The van der Waals surface area contributed by atoms with Crippen LogP contribution >= 0.6 is 11.3 Å². The third-order valence-electron chi connectivity index (χ3n) is 1.26. The van der Waals surface area contributed by atoms with Gasteiger partial charge in [-0.05, 0) is 17.9 Å². The fourth-order valence-electron chi connectivity index (χ4n) is 0.679. The maximum absolute atomic E-state index is 10.9. The van der Waals surface area contributed by atoms with Crippen molar-refractivity contribution in [1.82, 2.24) is 0 Å². The zero-order valence-electron chi connectivity index (χ0n) is 7.28. The van der Waals surface area contributed by atoms with Gasteiger partial charge in [0, 0.05) is 0 Å². The lowest BCUT2D eigenvalue weighted by molar-refractivity contribution is 0.101. The zero-order valence-corrected chi connectivity index (χ0v) is 8.10. The van der Waals surface area contributed by atoms with Crippen molar-refractivity contribution < 1.29 is 14.3 Å². The molecule has 4 nitrogen and oxygen atoms in total. The van der Waals surface area contributed by atoms with Gasteiger partial charge in [0.25, 0.3) is 0 Å². The topological polar surface area (TPSA) is 61.5 Å². The van der Waals surface area contributed by atoms with Crippen molar-refractivity contribution in [1.29, 1.82) is 0 Å². The standard InChI is InChI=1S/C8H11NO3S/c1-2-4-11-8(10)12-7-6(9)3-5-13-7/h3,5H,2,4,9H2,1H3. The number of thiophene rings is 1. The molecule has 0 spiro atoms.